The molecule has 0 fully saturated rings. The summed E-state index contributed by atoms with van der Waals surface area (Å²) in [5.41, 5.74) is 1.02. The van der Waals surface area contributed by atoms with E-state index in [1.54, 1.807) is 11.3 Å². The third kappa shape index (κ3) is 3.78. The average molecular weight is 256 g/mol. The van der Waals surface area contributed by atoms with Crippen LogP contribution in [0.1, 0.15) is 41.9 Å². The summed E-state index contributed by atoms with van der Waals surface area (Å²) in [5, 5.41) is 9.97. The van der Waals surface area contributed by atoms with Gasteiger partial charge in [-0.1, -0.05) is 6.92 Å². The summed E-state index contributed by atoms with van der Waals surface area (Å²) in [6.45, 7) is 8.97. The number of aryl methyl sites for hydroxylation is 2. The molecule has 0 saturated heterocycles. The van der Waals surface area contributed by atoms with Crippen molar-refractivity contribution in [3.8, 4) is 0 Å². The van der Waals surface area contributed by atoms with E-state index in [1.165, 1.54) is 4.88 Å². The van der Waals surface area contributed by atoms with E-state index in [4.69, 9.17) is 5.11 Å². The monoisotopic (exact) mass is 256 g/mol. The number of thiazole rings is 1. The minimum Gasteiger partial charge on any atom is -0.480 e. The highest BCUT2D eigenvalue weighted by atomic mass is 32.1. The van der Waals surface area contributed by atoms with E-state index in [1.807, 2.05) is 18.7 Å². The number of hydrogen-bond donors (Lipinski definition) is 1. The molecule has 0 bridgehead atoms. The Morgan fingerprint density at radius 2 is 2.18 bits per heavy atom. The molecule has 0 radical (unpaired) electrons. The van der Waals surface area contributed by atoms with Crippen LogP contribution in [-0.2, 0) is 4.79 Å². The number of rotatable bonds is 6. The standard InChI is InChI=1S/C12H20N2O2S/c1-5-6-14(7-11(15)16)9(3)12-8(2)13-10(4)17-12/h9H,5-7H2,1-4H3,(H,15,16). The van der Waals surface area contributed by atoms with E-state index >= 15 is 0 Å². The fourth-order valence-electron chi connectivity index (χ4n) is 1.97. The van der Waals surface area contributed by atoms with Gasteiger partial charge >= 0.3 is 5.97 Å². The third-order valence-corrected chi connectivity index (χ3v) is 3.96. The van der Waals surface area contributed by atoms with E-state index < -0.39 is 5.97 Å². The van der Waals surface area contributed by atoms with Gasteiger partial charge in [0.1, 0.15) is 0 Å². The summed E-state index contributed by atoms with van der Waals surface area (Å²) in [5.74, 6) is -0.774. The SMILES string of the molecule is CCCN(CC(=O)O)C(C)c1sc(C)nc1C. The number of hydrogen-bond acceptors (Lipinski definition) is 4. The fraction of sp³-hybridized carbons (Fsp3) is 0.667. The number of carbonyl (C=O) groups is 1. The Kier molecular flexibility index (Phi) is 5.08. The molecule has 4 nitrogen and oxygen atoms in total. The molecule has 1 aromatic rings. The van der Waals surface area contributed by atoms with Crippen molar-refractivity contribution in [2.24, 2.45) is 0 Å². The van der Waals surface area contributed by atoms with E-state index in [9.17, 15) is 4.79 Å². The Balaban J connectivity index is 2.86. The number of carboxylic acids is 1. The topological polar surface area (TPSA) is 53.4 Å². The highest BCUT2D eigenvalue weighted by Gasteiger charge is 2.21. The molecule has 0 aromatic carbocycles. The van der Waals surface area contributed by atoms with E-state index in [-0.39, 0.29) is 12.6 Å². The van der Waals surface area contributed by atoms with Gasteiger partial charge in [0.05, 0.1) is 17.2 Å². The van der Waals surface area contributed by atoms with E-state index in [0.29, 0.717) is 0 Å². The number of aromatic nitrogens is 1. The third-order valence-electron chi connectivity index (χ3n) is 2.72. The molecule has 1 heterocycles. The summed E-state index contributed by atoms with van der Waals surface area (Å²) in [4.78, 5) is 18.4. The Hall–Kier alpha value is -0.940. The van der Waals surface area contributed by atoms with Gasteiger partial charge in [0, 0.05) is 10.9 Å². The molecule has 1 rings (SSSR count). The van der Waals surface area contributed by atoms with Gasteiger partial charge < -0.3 is 5.11 Å². The lowest BCUT2D eigenvalue weighted by Crippen LogP contribution is -2.33. The summed E-state index contributed by atoms with van der Waals surface area (Å²) < 4.78 is 0. The molecule has 0 amide bonds. The largest absolute Gasteiger partial charge is 0.480 e. The van der Waals surface area contributed by atoms with Gasteiger partial charge in [-0.05, 0) is 33.7 Å². The molecule has 1 aromatic heterocycles. The molecule has 1 atom stereocenters. The summed E-state index contributed by atoms with van der Waals surface area (Å²) in [6, 6.07) is 0.122. The highest BCUT2D eigenvalue weighted by Crippen LogP contribution is 2.28. The maximum atomic E-state index is 10.9. The van der Waals surface area contributed by atoms with Crippen LogP contribution in [0.3, 0.4) is 0 Å². The van der Waals surface area contributed by atoms with Gasteiger partial charge in [0.25, 0.3) is 0 Å². The van der Waals surface area contributed by atoms with E-state index in [0.717, 1.165) is 23.7 Å². The maximum Gasteiger partial charge on any atom is 0.317 e. The van der Waals surface area contributed by atoms with Crippen molar-refractivity contribution in [3.05, 3.63) is 15.6 Å². The van der Waals surface area contributed by atoms with Crippen molar-refractivity contribution in [1.82, 2.24) is 9.88 Å². The lowest BCUT2D eigenvalue weighted by Gasteiger charge is -2.26. The fourth-order valence-corrected chi connectivity index (χ4v) is 2.98. The molecule has 0 spiro atoms. The van der Waals surface area contributed by atoms with Crippen molar-refractivity contribution < 1.29 is 9.90 Å². The van der Waals surface area contributed by atoms with Crippen molar-refractivity contribution >= 4 is 17.3 Å². The van der Waals surface area contributed by atoms with Gasteiger partial charge in [0.15, 0.2) is 0 Å². The second kappa shape index (κ2) is 6.12. The molecule has 0 aliphatic heterocycles. The Morgan fingerprint density at radius 1 is 1.53 bits per heavy atom. The maximum absolute atomic E-state index is 10.9. The summed E-state index contributed by atoms with van der Waals surface area (Å²) >= 11 is 1.66. The first-order chi connectivity index (χ1) is 7.95. The first-order valence-corrected chi connectivity index (χ1v) is 6.67. The summed E-state index contributed by atoms with van der Waals surface area (Å²) in [6.07, 6.45) is 0.953. The first-order valence-electron chi connectivity index (χ1n) is 5.85. The minimum absolute atomic E-state index is 0.0887. The molecule has 0 aliphatic rings. The zero-order valence-electron chi connectivity index (χ0n) is 10.9. The van der Waals surface area contributed by atoms with Crippen molar-refractivity contribution in [2.75, 3.05) is 13.1 Å². The Labute approximate surface area is 106 Å². The zero-order chi connectivity index (χ0) is 13.0. The zero-order valence-corrected chi connectivity index (χ0v) is 11.7. The van der Waals surface area contributed by atoms with Crippen molar-refractivity contribution in [1.29, 1.82) is 0 Å². The summed E-state index contributed by atoms with van der Waals surface area (Å²) in [7, 11) is 0. The normalized spacial score (nSPS) is 13.0. The van der Waals surface area contributed by atoms with Gasteiger partial charge in [-0.3, -0.25) is 9.69 Å². The predicted octanol–water partition coefficient (Wildman–Crippen LogP) is 2.62. The van der Waals surface area contributed by atoms with Crippen LogP contribution in [0.2, 0.25) is 0 Å². The highest BCUT2D eigenvalue weighted by molar-refractivity contribution is 7.11. The molecule has 0 saturated carbocycles. The van der Waals surface area contributed by atoms with Crippen LogP contribution in [-0.4, -0.2) is 34.0 Å². The lowest BCUT2D eigenvalue weighted by molar-refractivity contribution is -0.138. The number of carboxylic acid groups (broad SMARTS) is 1. The quantitative estimate of drug-likeness (QED) is 0.850. The van der Waals surface area contributed by atoms with Crippen LogP contribution >= 0.6 is 11.3 Å². The predicted molar refractivity (Wildman–Crippen MR) is 69.5 cm³/mol. The van der Waals surface area contributed by atoms with Crippen LogP contribution in [0.5, 0.6) is 0 Å². The van der Waals surface area contributed by atoms with Crippen molar-refractivity contribution in [2.45, 2.75) is 40.2 Å². The molecular weight excluding hydrogens is 236 g/mol. The average Bonchev–Trinajstić information content (AvgIpc) is 2.55. The Morgan fingerprint density at radius 3 is 2.59 bits per heavy atom. The van der Waals surface area contributed by atoms with Crippen LogP contribution in [0.4, 0.5) is 0 Å². The van der Waals surface area contributed by atoms with Gasteiger partial charge in [0.2, 0.25) is 0 Å². The van der Waals surface area contributed by atoms with Crippen LogP contribution in [0.15, 0.2) is 0 Å². The number of nitrogens with zero attached hydrogens (tertiary/aromatic N) is 2. The van der Waals surface area contributed by atoms with Crippen molar-refractivity contribution in [3.63, 3.8) is 0 Å². The molecule has 1 N–H and O–H groups in total. The van der Waals surface area contributed by atoms with Crippen LogP contribution in [0.25, 0.3) is 0 Å². The first kappa shape index (κ1) is 14.1. The van der Waals surface area contributed by atoms with Gasteiger partial charge in [-0.25, -0.2) is 4.98 Å². The van der Waals surface area contributed by atoms with Crippen LogP contribution < -0.4 is 0 Å². The lowest BCUT2D eigenvalue weighted by atomic mass is 10.2. The second-order valence-corrected chi connectivity index (χ2v) is 5.46. The number of aliphatic carboxylic acids is 1. The van der Waals surface area contributed by atoms with Gasteiger partial charge in [-0.15, -0.1) is 11.3 Å². The van der Waals surface area contributed by atoms with Crippen LogP contribution in [0, 0.1) is 13.8 Å². The van der Waals surface area contributed by atoms with E-state index in [2.05, 4.69) is 18.8 Å². The molecular formula is C12H20N2O2S. The second-order valence-electron chi connectivity index (χ2n) is 4.22. The van der Waals surface area contributed by atoms with Gasteiger partial charge in [-0.2, -0.15) is 0 Å². The molecule has 5 heteroatoms. The molecule has 17 heavy (non-hydrogen) atoms. The molecule has 1 unspecified atom stereocenters. The Bertz CT molecular complexity index is 390. The minimum atomic E-state index is -0.774. The molecule has 0 aliphatic carbocycles. The molecule has 96 valence electrons. The smallest absolute Gasteiger partial charge is 0.317 e.